The average molecular weight is 894 g/mol. The topological polar surface area (TPSA) is 43.9 Å². The molecular weight excluding hydrogens is 843 g/mol. The molecule has 3 aromatic heterocycles. The van der Waals surface area contributed by atoms with Crippen LogP contribution < -0.4 is 5.19 Å². The standard InChI is InChI=1S/C29H23N2O.C18H24NSi.Ir/c1-29(2,3)19-15-17-20(18-16-19)31-25-13-6-5-12-24(25)30-28(31)23-11-8-10-22-21-9-4-7-14-26(21)32-27(22)23;1-13(2)16-11-17(15-9-7-14(3)8-10-15)19-12-18(16)20(4,5)6;/h4-10,12-18H,1-3H3;7-9,11-13H,1-6H3;/q2*-1;/i;3D3,13D;. The third kappa shape index (κ3) is 7.73. The number of nitrogens with zero attached hydrogens (tertiary/aromatic N) is 3. The van der Waals surface area contributed by atoms with E-state index in [1.165, 1.54) is 16.8 Å². The van der Waals surface area contributed by atoms with Gasteiger partial charge in [-0.05, 0) is 58.1 Å². The van der Waals surface area contributed by atoms with Crippen LogP contribution in [0.5, 0.6) is 0 Å². The fourth-order valence-electron chi connectivity index (χ4n) is 6.62. The van der Waals surface area contributed by atoms with Gasteiger partial charge in [-0.15, -0.1) is 53.6 Å². The summed E-state index contributed by atoms with van der Waals surface area (Å²) in [6.45, 7) is 15.1. The van der Waals surface area contributed by atoms with Crippen LogP contribution in [-0.4, -0.2) is 22.6 Å². The number of rotatable bonds is 5. The van der Waals surface area contributed by atoms with Crippen molar-refractivity contribution in [1.82, 2.24) is 14.5 Å². The van der Waals surface area contributed by atoms with Crippen molar-refractivity contribution >= 4 is 46.2 Å². The monoisotopic (exact) mass is 894 g/mol. The van der Waals surface area contributed by atoms with Gasteiger partial charge in [0.2, 0.25) is 0 Å². The first kappa shape index (κ1) is 33.0. The Morgan fingerprint density at radius 1 is 0.868 bits per heavy atom. The maximum absolute atomic E-state index is 8.48. The maximum atomic E-state index is 8.48. The van der Waals surface area contributed by atoms with E-state index in [1.54, 1.807) is 12.1 Å². The first-order chi connectivity index (χ1) is 26.3. The van der Waals surface area contributed by atoms with Crippen LogP contribution in [0.25, 0.3) is 61.3 Å². The molecule has 0 aliphatic rings. The van der Waals surface area contributed by atoms with E-state index in [1.807, 2.05) is 56.4 Å². The van der Waals surface area contributed by atoms with Crippen molar-refractivity contribution in [2.45, 2.75) is 72.4 Å². The van der Waals surface area contributed by atoms with E-state index in [0.717, 1.165) is 66.9 Å². The van der Waals surface area contributed by atoms with Crippen molar-refractivity contribution in [1.29, 1.82) is 0 Å². The molecule has 271 valence electrons. The Balaban J connectivity index is 0.000000198. The largest absolute Gasteiger partial charge is 0.501 e. The summed E-state index contributed by atoms with van der Waals surface area (Å²) in [6, 6.07) is 42.4. The van der Waals surface area contributed by atoms with Gasteiger partial charge in [0, 0.05) is 42.9 Å². The molecule has 4 nitrogen and oxygen atoms in total. The third-order valence-corrected chi connectivity index (χ3v) is 11.5. The van der Waals surface area contributed by atoms with Crippen LogP contribution in [0.15, 0.2) is 120 Å². The Bertz CT molecular complexity index is 2680. The van der Waals surface area contributed by atoms with Gasteiger partial charge in [0.1, 0.15) is 5.58 Å². The van der Waals surface area contributed by atoms with Gasteiger partial charge in [-0.2, -0.15) is 0 Å². The molecule has 5 aromatic carbocycles. The van der Waals surface area contributed by atoms with Crippen molar-refractivity contribution in [3.8, 4) is 28.3 Å². The second kappa shape index (κ2) is 15.0. The molecule has 0 saturated heterocycles. The smallest absolute Gasteiger partial charge is 0.120 e. The fraction of sp³-hybridized carbons (Fsp3) is 0.234. The van der Waals surface area contributed by atoms with Crippen LogP contribution in [0.4, 0.5) is 0 Å². The molecule has 0 aliphatic carbocycles. The molecule has 0 N–H and O–H groups in total. The number of fused-ring (bicyclic) bond motifs is 4. The second-order valence-electron chi connectivity index (χ2n) is 15.6. The third-order valence-electron chi connectivity index (χ3n) is 9.45. The van der Waals surface area contributed by atoms with E-state index in [4.69, 9.17) is 14.9 Å². The van der Waals surface area contributed by atoms with Crippen LogP contribution in [0, 0.1) is 19.0 Å². The molecule has 0 bridgehead atoms. The Morgan fingerprint density at radius 3 is 2.28 bits per heavy atom. The minimum atomic E-state index is -2.13. The van der Waals surface area contributed by atoms with Crippen molar-refractivity contribution < 1.29 is 30.0 Å². The van der Waals surface area contributed by atoms with Crippen molar-refractivity contribution in [3.63, 3.8) is 0 Å². The average Bonchev–Trinajstić information content (AvgIpc) is 3.73. The Morgan fingerprint density at radius 2 is 1.60 bits per heavy atom. The number of hydrogen-bond acceptors (Lipinski definition) is 3. The fourth-order valence-corrected chi connectivity index (χ4v) is 8.20. The number of aryl methyl sites for hydroxylation is 1. The van der Waals surface area contributed by atoms with Gasteiger partial charge in [0.25, 0.3) is 0 Å². The number of imidazole rings is 1. The Kier molecular flexibility index (Phi) is 9.35. The zero-order valence-electron chi connectivity index (χ0n) is 35.6. The van der Waals surface area contributed by atoms with Gasteiger partial charge in [-0.25, -0.2) is 0 Å². The molecule has 0 fully saturated rings. The first-order valence-electron chi connectivity index (χ1n) is 19.7. The minimum Gasteiger partial charge on any atom is -0.501 e. The van der Waals surface area contributed by atoms with E-state index in [0.29, 0.717) is 0 Å². The van der Waals surface area contributed by atoms with Crippen LogP contribution >= 0.6 is 0 Å². The molecule has 0 spiro atoms. The SMILES string of the molecule is CC(C)(C)c1ccc(-n2c(-c3[c-]ccc4c3oc3ccccc34)nc3ccccc32)cc1.[2H]C([2H])([2H])c1c[c-]c(-c2cc(C([2H])(C)C)c([Si](C)(C)C)cn2)cc1.[Ir]. The molecule has 53 heavy (non-hydrogen) atoms. The molecule has 0 aliphatic heterocycles. The predicted molar refractivity (Wildman–Crippen MR) is 222 cm³/mol. The summed E-state index contributed by atoms with van der Waals surface area (Å²) in [5.41, 5.74) is 9.78. The molecule has 0 amide bonds. The number of hydrogen-bond donors (Lipinski definition) is 0. The van der Waals surface area contributed by atoms with E-state index < -0.39 is 20.8 Å². The zero-order valence-corrected chi connectivity index (χ0v) is 34.9. The van der Waals surface area contributed by atoms with Crippen molar-refractivity contribution in [2.75, 3.05) is 0 Å². The quantitative estimate of drug-likeness (QED) is 0.128. The number of benzene rings is 5. The zero-order chi connectivity index (χ0) is 40.2. The first-order valence-corrected chi connectivity index (χ1v) is 21.2. The molecule has 6 heteroatoms. The molecular formula is C47H47IrN3OSi-2. The van der Waals surface area contributed by atoms with Gasteiger partial charge < -0.3 is 14.0 Å². The Hall–Kier alpha value is -4.61. The van der Waals surface area contributed by atoms with Crippen LogP contribution in [0.3, 0.4) is 0 Å². The number of aromatic nitrogens is 3. The second-order valence-corrected chi connectivity index (χ2v) is 20.6. The minimum absolute atomic E-state index is 0. The number of para-hydroxylation sites is 3. The summed E-state index contributed by atoms with van der Waals surface area (Å²) in [5, 5.41) is 3.37. The maximum Gasteiger partial charge on any atom is 0.120 e. The summed E-state index contributed by atoms with van der Waals surface area (Å²) >= 11 is 0. The van der Waals surface area contributed by atoms with E-state index in [2.05, 4.69) is 117 Å². The van der Waals surface area contributed by atoms with Gasteiger partial charge in [0.15, 0.2) is 0 Å². The van der Waals surface area contributed by atoms with E-state index in [-0.39, 0.29) is 31.1 Å². The van der Waals surface area contributed by atoms with Crippen molar-refractivity contribution in [2.24, 2.45) is 0 Å². The predicted octanol–water partition coefficient (Wildman–Crippen LogP) is 12.2. The normalized spacial score (nSPS) is 13.4. The molecule has 8 rings (SSSR count). The van der Waals surface area contributed by atoms with Crippen molar-refractivity contribution in [3.05, 3.63) is 144 Å². The van der Waals surface area contributed by atoms with Crippen LogP contribution in [-0.2, 0) is 25.5 Å². The molecule has 0 unspecified atom stereocenters. The van der Waals surface area contributed by atoms with Gasteiger partial charge in [-0.1, -0.05) is 126 Å². The molecule has 1 radical (unpaired) electrons. The Labute approximate surface area is 334 Å². The summed E-state index contributed by atoms with van der Waals surface area (Å²) in [6.07, 6.45) is 1.89. The van der Waals surface area contributed by atoms with Crippen LogP contribution in [0.2, 0.25) is 19.6 Å². The van der Waals surface area contributed by atoms with E-state index in [9.17, 15) is 0 Å². The van der Waals surface area contributed by atoms with E-state index >= 15 is 0 Å². The number of furan rings is 1. The van der Waals surface area contributed by atoms with Crippen LogP contribution in [0.1, 0.15) is 62.7 Å². The molecule has 0 atom stereocenters. The molecule has 3 heterocycles. The molecule has 8 aromatic rings. The summed E-state index contributed by atoms with van der Waals surface area (Å²) in [5.74, 6) is 0.116. The van der Waals surface area contributed by atoms with Gasteiger partial charge >= 0.3 is 0 Å². The summed E-state index contributed by atoms with van der Waals surface area (Å²) in [4.78, 5) is 9.58. The summed E-state index contributed by atoms with van der Waals surface area (Å²) in [7, 11) is -1.61. The van der Waals surface area contributed by atoms with Gasteiger partial charge in [0.05, 0.1) is 30.5 Å². The van der Waals surface area contributed by atoms with Gasteiger partial charge in [-0.3, -0.25) is 4.98 Å². The summed E-state index contributed by atoms with van der Waals surface area (Å²) < 4.78 is 39.3. The number of pyridine rings is 1. The molecule has 0 saturated carbocycles.